The van der Waals surface area contributed by atoms with E-state index in [1.807, 2.05) is 0 Å². The molecule has 0 aliphatic rings. The summed E-state index contributed by atoms with van der Waals surface area (Å²) in [6.45, 7) is 0. The van der Waals surface area contributed by atoms with Crippen LogP contribution in [0.4, 0.5) is 0 Å². The molecule has 0 saturated heterocycles. The molecule has 0 unspecified atom stereocenters. The fourth-order valence-electron chi connectivity index (χ4n) is 0. The maximum atomic E-state index is 8.88. The van der Waals surface area contributed by atoms with Crippen LogP contribution in [0.1, 0.15) is 5.71 Å². The van der Waals surface area contributed by atoms with E-state index in [-0.39, 0.29) is 180 Å². The van der Waals surface area contributed by atoms with Crippen LogP contribution in [0, 0.1) is 0 Å². The van der Waals surface area contributed by atoms with E-state index in [9.17, 15) is 0 Å². The predicted octanol–water partition coefficient (Wildman–Crippen LogP) is -16.7. The van der Waals surface area contributed by atoms with Crippen LogP contribution in [0.25, 0.3) is 0 Å². The van der Waals surface area contributed by atoms with Crippen molar-refractivity contribution >= 4 is 58.2 Å². The van der Waals surface area contributed by atoms with Crippen molar-refractivity contribution in [2.75, 3.05) is 0 Å². The van der Waals surface area contributed by atoms with Crippen molar-refractivity contribution < 1.29 is 203 Å². The molecule has 21 heavy (non-hydrogen) atoms. The van der Waals surface area contributed by atoms with Gasteiger partial charge in [0.05, 0.1) is 0 Å². The molecule has 0 saturated carbocycles. The van der Waals surface area contributed by atoms with Crippen molar-refractivity contribution in [2.45, 2.75) is 0 Å². The number of hydrogen-bond donors (Lipinski definition) is 9. The fraction of sp³-hybridized carbons (Fsp3) is 0. The van der Waals surface area contributed by atoms with Gasteiger partial charge in [-0.2, -0.15) is 0 Å². The maximum Gasteiger partial charge on any atom is 1.00 e. The summed E-state index contributed by atoms with van der Waals surface area (Å²) in [5, 5.41) is 0. The van der Waals surface area contributed by atoms with E-state index in [2.05, 4.69) is 0 Å². The summed E-state index contributed by atoms with van der Waals surface area (Å²) in [4.78, 5) is 64.7. The SMILES string of the molecule is O=P(O)(O)O.O=P(O)(O)O.O=P(O)(O)O.[AlH3].[AlH3].[H-].[H-].[H-].[H-].[K+].[Na+].[Na+].[Na+]. The molecule has 12 nitrogen and oxygen atoms in total. The summed E-state index contributed by atoms with van der Waals surface area (Å²) >= 11 is 0. The quantitative estimate of drug-likeness (QED) is 0.120. The topological polar surface area (TPSA) is 233 Å². The average molecular weight is 466 g/mol. The van der Waals surface area contributed by atoms with E-state index in [1.54, 1.807) is 0 Å². The monoisotopic (exact) mass is 466 g/mol. The van der Waals surface area contributed by atoms with Gasteiger partial charge in [-0.15, -0.1) is 0 Å². The Balaban J connectivity index is -0.00000000655. The Hall–Kier alpha value is 6.03. The minimum atomic E-state index is -4.64. The van der Waals surface area contributed by atoms with Gasteiger partial charge in [-0.1, -0.05) is 0 Å². The molecule has 0 aromatic rings. The second-order valence-corrected chi connectivity index (χ2v) is 4.62. The van der Waals surface area contributed by atoms with Crippen molar-refractivity contribution in [3.8, 4) is 0 Å². The standard InChI is InChI=1S/2Al.K.3Na.3H3O4P.10H/c;;;;;;3*1-5(2,3)4;;;;;;;;;;/h;;;;;;3*(H3,1,2,3,4);;;;;;;;;;/q;;4*+1;;;;;;;;;;4*-1. The Morgan fingerprint density at radius 3 is 0.476 bits per heavy atom. The van der Waals surface area contributed by atoms with E-state index < -0.39 is 23.5 Å². The Morgan fingerprint density at radius 2 is 0.476 bits per heavy atom. The van der Waals surface area contributed by atoms with E-state index in [1.165, 1.54) is 0 Å². The van der Waals surface area contributed by atoms with Crippen LogP contribution in [0.3, 0.4) is 0 Å². The molecule has 0 aliphatic heterocycles. The Labute approximate surface area is 256 Å². The molecule has 21 heteroatoms. The molecule has 0 aliphatic carbocycles. The molecule has 0 spiro atoms. The second kappa shape index (κ2) is 28.2. The zero-order valence-electron chi connectivity index (χ0n) is 14.6. The molecule has 0 atom stereocenters. The molecular weight excluding hydrogens is 447 g/mol. The average Bonchev–Trinajstić information content (AvgIpc) is 1.41. The number of hydrogen-bond acceptors (Lipinski definition) is 3. The van der Waals surface area contributed by atoms with Crippen LogP contribution in [-0.4, -0.2) is 78.8 Å². The van der Waals surface area contributed by atoms with Crippen LogP contribution in [0.15, 0.2) is 0 Å². The number of phosphoric acid groups is 3. The van der Waals surface area contributed by atoms with Crippen LogP contribution in [0.2, 0.25) is 0 Å². The summed E-state index contributed by atoms with van der Waals surface area (Å²) in [6.07, 6.45) is 0. The van der Waals surface area contributed by atoms with Crippen LogP contribution < -0.4 is 140 Å². The fourth-order valence-corrected chi connectivity index (χ4v) is 0. The maximum absolute atomic E-state index is 8.88. The van der Waals surface area contributed by atoms with Crippen molar-refractivity contribution in [1.29, 1.82) is 0 Å². The zero-order valence-corrected chi connectivity index (χ0v) is 22.4. The third-order valence-electron chi connectivity index (χ3n) is 0. The molecule has 0 rings (SSSR count). The molecule has 0 radical (unpaired) electrons. The molecule has 116 valence electrons. The summed E-state index contributed by atoms with van der Waals surface area (Å²) in [5.41, 5.74) is 0. The van der Waals surface area contributed by atoms with Crippen molar-refractivity contribution in [1.82, 2.24) is 0 Å². The van der Waals surface area contributed by atoms with Crippen molar-refractivity contribution in [2.24, 2.45) is 0 Å². The first-order chi connectivity index (χ1) is 6.00. The van der Waals surface area contributed by atoms with Crippen LogP contribution in [0.5, 0.6) is 0 Å². The Morgan fingerprint density at radius 1 is 0.476 bits per heavy atom. The minimum absolute atomic E-state index is 0. The summed E-state index contributed by atoms with van der Waals surface area (Å²) in [6, 6.07) is 0. The van der Waals surface area contributed by atoms with Gasteiger partial charge in [0.1, 0.15) is 0 Å². The van der Waals surface area contributed by atoms with Crippen LogP contribution >= 0.6 is 23.5 Å². The van der Waals surface area contributed by atoms with E-state index >= 15 is 0 Å². The first-order valence-electron chi connectivity index (χ1n) is 2.35. The molecule has 0 bridgehead atoms. The van der Waals surface area contributed by atoms with Gasteiger partial charge in [0.25, 0.3) is 0 Å². The van der Waals surface area contributed by atoms with Gasteiger partial charge in [-0.3, -0.25) is 0 Å². The van der Waals surface area contributed by atoms with Gasteiger partial charge in [0.15, 0.2) is 34.7 Å². The largest absolute Gasteiger partial charge is 1.00 e. The Bertz CT molecular complexity index is 240. The van der Waals surface area contributed by atoms with Gasteiger partial charge in [0.2, 0.25) is 0 Å². The smallest absolute Gasteiger partial charge is 1.00 e. The summed E-state index contributed by atoms with van der Waals surface area (Å²) in [7, 11) is -13.9. The van der Waals surface area contributed by atoms with Gasteiger partial charge in [0, 0.05) is 0 Å². The number of rotatable bonds is 0. The molecule has 0 fully saturated rings. The first kappa shape index (κ1) is 56.3. The van der Waals surface area contributed by atoms with Gasteiger partial charge >= 0.3 is 164 Å². The van der Waals surface area contributed by atoms with E-state index in [0.29, 0.717) is 0 Å². The zero-order chi connectivity index (χ0) is 13.5. The van der Waals surface area contributed by atoms with E-state index in [0.717, 1.165) is 0 Å². The van der Waals surface area contributed by atoms with Crippen molar-refractivity contribution in [3.63, 3.8) is 0 Å². The first-order valence-corrected chi connectivity index (χ1v) is 7.04. The molecular formula is H19Al2KNa3O12P3. The van der Waals surface area contributed by atoms with Crippen molar-refractivity contribution in [3.05, 3.63) is 0 Å². The third-order valence-corrected chi connectivity index (χ3v) is 0. The van der Waals surface area contributed by atoms with Crippen LogP contribution in [-0.2, 0) is 13.7 Å². The molecule has 0 amide bonds. The molecule has 0 aromatic carbocycles. The van der Waals surface area contributed by atoms with Gasteiger partial charge in [-0.25, -0.2) is 13.7 Å². The summed E-state index contributed by atoms with van der Waals surface area (Å²) in [5.74, 6) is 0. The molecule has 9 N–H and O–H groups in total. The third kappa shape index (κ3) is 413. The second-order valence-electron chi connectivity index (χ2n) is 1.54. The Kier molecular flexibility index (Phi) is 75.8. The summed E-state index contributed by atoms with van der Waals surface area (Å²) < 4.78 is 26.6. The molecule has 0 aromatic heterocycles. The minimum Gasteiger partial charge on any atom is -1.00 e. The molecule has 0 heterocycles. The predicted molar refractivity (Wildman–Crippen MR) is 67.1 cm³/mol. The van der Waals surface area contributed by atoms with Gasteiger partial charge in [-0.05, 0) is 0 Å². The van der Waals surface area contributed by atoms with Gasteiger partial charge < -0.3 is 49.7 Å². The van der Waals surface area contributed by atoms with E-state index in [4.69, 9.17) is 57.7 Å². The normalized spacial score (nSPS) is 8.43.